The van der Waals surface area contributed by atoms with Crippen LogP contribution in [0.4, 0.5) is 0 Å². The second-order valence-corrected chi connectivity index (χ2v) is 5.20. The smallest absolute Gasteiger partial charge is 0.167 e. The van der Waals surface area contributed by atoms with Gasteiger partial charge in [0.1, 0.15) is 18.1 Å². The third-order valence-electron chi connectivity index (χ3n) is 3.58. The zero-order valence-electron chi connectivity index (χ0n) is 12.3. The summed E-state index contributed by atoms with van der Waals surface area (Å²) in [4.78, 5) is 4.29. The van der Waals surface area contributed by atoms with Gasteiger partial charge in [0.05, 0.1) is 5.52 Å². The van der Waals surface area contributed by atoms with E-state index in [0.717, 1.165) is 33.7 Å². The first-order valence-corrected chi connectivity index (χ1v) is 7.37. The monoisotopic (exact) mass is 302 g/mol. The van der Waals surface area contributed by atoms with Crippen LogP contribution in [-0.2, 0) is 6.61 Å². The van der Waals surface area contributed by atoms with Crippen LogP contribution in [0.2, 0.25) is 0 Å². The number of benzene rings is 2. The van der Waals surface area contributed by atoms with Gasteiger partial charge in [-0.2, -0.15) is 0 Å². The molecule has 0 unspecified atom stereocenters. The molecule has 112 valence electrons. The molecule has 4 heteroatoms. The molecule has 4 rings (SSSR count). The number of hydrogen-bond acceptors (Lipinski definition) is 4. The van der Waals surface area contributed by atoms with Crippen molar-refractivity contribution in [3.8, 4) is 17.1 Å². The maximum atomic E-state index is 5.80. The van der Waals surface area contributed by atoms with Crippen molar-refractivity contribution in [2.45, 2.75) is 6.61 Å². The van der Waals surface area contributed by atoms with Gasteiger partial charge in [0.2, 0.25) is 0 Å². The summed E-state index contributed by atoms with van der Waals surface area (Å²) in [5.41, 5.74) is 2.71. The lowest BCUT2D eigenvalue weighted by Gasteiger charge is -2.04. The van der Waals surface area contributed by atoms with Crippen molar-refractivity contribution in [3.05, 3.63) is 78.6 Å². The Balaban J connectivity index is 1.49. The standard InChI is InChI=1S/C19H14N2O2/c1-2-5-14(6-3-1)19-12-16(21-23-19)13-22-17-8-9-18-15(11-17)7-4-10-20-18/h1-12H,13H2. The van der Waals surface area contributed by atoms with Crippen molar-refractivity contribution < 1.29 is 9.26 Å². The van der Waals surface area contributed by atoms with Gasteiger partial charge >= 0.3 is 0 Å². The number of fused-ring (bicyclic) bond motifs is 1. The molecule has 2 heterocycles. The summed E-state index contributed by atoms with van der Waals surface area (Å²) in [6.45, 7) is 0.363. The molecule has 0 spiro atoms. The van der Waals surface area contributed by atoms with E-state index in [1.54, 1.807) is 6.20 Å². The first-order valence-electron chi connectivity index (χ1n) is 7.37. The molecule has 23 heavy (non-hydrogen) atoms. The molecule has 0 N–H and O–H groups in total. The fraction of sp³-hybridized carbons (Fsp3) is 0.0526. The average molecular weight is 302 g/mol. The summed E-state index contributed by atoms with van der Waals surface area (Å²) >= 11 is 0. The SMILES string of the molecule is c1ccc(-c2cc(COc3ccc4ncccc4c3)no2)cc1. The lowest BCUT2D eigenvalue weighted by atomic mass is 10.2. The van der Waals surface area contributed by atoms with Gasteiger partial charge < -0.3 is 9.26 Å². The molecule has 0 aliphatic heterocycles. The minimum absolute atomic E-state index is 0.363. The Hall–Kier alpha value is -3.14. The fourth-order valence-corrected chi connectivity index (χ4v) is 2.42. The second kappa shape index (κ2) is 5.93. The maximum Gasteiger partial charge on any atom is 0.167 e. The molecule has 0 aliphatic rings. The Labute approximate surface area is 133 Å². The Morgan fingerprint density at radius 1 is 0.913 bits per heavy atom. The molecular formula is C19H14N2O2. The molecule has 2 aromatic carbocycles. The Morgan fingerprint density at radius 2 is 1.83 bits per heavy atom. The van der Waals surface area contributed by atoms with Crippen LogP contribution in [0.5, 0.6) is 5.75 Å². The van der Waals surface area contributed by atoms with Crippen molar-refractivity contribution in [1.29, 1.82) is 0 Å². The van der Waals surface area contributed by atoms with Crippen LogP contribution in [0.15, 0.2) is 77.4 Å². The summed E-state index contributed by atoms with van der Waals surface area (Å²) < 4.78 is 11.2. The Kier molecular flexibility index (Phi) is 3.48. The van der Waals surface area contributed by atoms with Crippen LogP contribution in [-0.4, -0.2) is 10.1 Å². The molecule has 0 fully saturated rings. The molecule has 0 bridgehead atoms. The van der Waals surface area contributed by atoms with Crippen molar-refractivity contribution in [2.24, 2.45) is 0 Å². The first-order chi connectivity index (χ1) is 11.4. The topological polar surface area (TPSA) is 48.2 Å². The number of nitrogens with zero attached hydrogens (tertiary/aromatic N) is 2. The number of hydrogen-bond donors (Lipinski definition) is 0. The van der Waals surface area contributed by atoms with E-state index in [2.05, 4.69) is 10.1 Å². The number of pyridine rings is 1. The summed E-state index contributed by atoms with van der Waals surface area (Å²) in [5, 5.41) is 5.11. The van der Waals surface area contributed by atoms with E-state index in [1.807, 2.05) is 66.7 Å². The van der Waals surface area contributed by atoms with E-state index in [4.69, 9.17) is 9.26 Å². The molecule has 0 radical (unpaired) electrons. The third-order valence-corrected chi connectivity index (χ3v) is 3.58. The molecule has 4 aromatic rings. The van der Waals surface area contributed by atoms with Gasteiger partial charge in [0, 0.05) is 23.2 Å². The van der Waals surface area contributed by atoms with Crippen LogP contribution >= 0.6 is 0 Å². The quantitative estimate of drug-likeness (QED) is 0.558. The number of ether oxygens (including phenoxy) is 1. The van der Waals surface area contributed by atoms with Crippen molar-refractivity contribution in [3.63, 3.8) is 0 Å². The Bertz CT molecular complexity index is 932. The molecule has 0 saturated carbocycles. The summed E-state index contributed by atoms with van der Waals surface area (Å²) in [6, 6.07) is 21.5. The molecule has 0 saturated heterocycles. The van der Waals surface area contributed by atoms with Gasteiger partial charge in [-0.25, -0.2) is 0 Å². The van der Waals surface area contributed by atoms with E-state index < -0.39 is 0 Å². The molecule has 0 aliphatic carbocycles. The minimum atomic E-state index is 0.363. The van der Waals surface area contributed by atoms with Gasteiger partial charge in [0.15, 0.2) is 5.76 Å². The average Bonchev–Trinajstić information content (AvgIpc) is 3.10. The van der Waals surface area contributed by atoms with E-state index in [1.165, 1.54) is 0 Å². The largest absolute Gasteiger partial charge is 0.487 e. The predicted molar refractivity (Wildman–Crippen MR) is 88.0 cm³/mol. The highest BCUT2D eigenvalue weighted by Gasteiger charge is 2.07. The highest BCUT2D eigenvalue weighted by Crippen LogP contribution is 2.22. The Morgan fingerprint density at radius 3 is 2.74 bits per heavy atom. The van der Waals surface area contributed by atoms with Gasteiger partial charge in [0.25, 0.3) is 0 Å². The predicted octanol–water partition coefficient (Wildman–Crippen LogP) is 4.47. The zero-order valence-corrected chi connectivity index (χ0v) is 12.3. The highest BCUT2D eigenvalue weighted by molar-refractivity contribution is 5.79. The number of aromatic nitrogens is 2. The van der Waals surface area contributed by atoms with Crippen LogP contribution in [0.1, 0.15) is 5.69 Å². The molecule has 0 amide bonds. The lowest BCUT2D eigenvalue weighted by Crippen LogP contribution is -1.95. The summed E-state index contributed by atoms with van der Waals surface area (Å²) in [6.07, 6.45) is 1.78. The number of rotatable bonds is 4. The van der Waals surface area contributed by atoms with Crippen LogP contribution in [0.3, 0.4) is 0 Å². The lowest BCUT2D eigenvalue weighted by molar-refractivity contribution is 0.290. The first kappa shape index (κ1) is 13.5. The molecule has 0 atom stereocenters. The van der Waals surface area contributed by atoms with E-state index >= 15 is 0 Å². The van der Waals surface area contributed by atoms with E-state index in [9.17, 15) is 0 Å². The molecular weight excluding hydrogens is 288 g/mol. The zero-order chi connectivity index (χ0) is 15.5. The van der Waals surface area contributed by atoms with Crippen molar-refractivity contribution in [1.82, 2.24) is 10.1 Å². The summed E-state index contributed by atoms with van der Waals surface area (Å²) in [5.74, 6) is 1.53. The van der Waals surface area contributed by atoms with E-state index in [-0.39, 0.29) is 0 Å². The van der Waals surface area contributed by atoms with Crippen LogP contribution < -0.4 is 4.74 Å². The van der Waals surface area contributed by atoms with Gasteiger partial charge in [-0.3, -0.25) is 4.98 Å². The van der Waals surface area contributed by atoms with Gasteiger partial charge in [-0.1, -0.05) is 41.6 Å². The summed E-state index contributed by atoms with van der Waals surface area (Å²) in [7, 11) is 0. The van der Waals surface area contributed by atoms with Crippen molar-refractivity contribution >= 4 is 10.9 Å². The minimum Gasteiger partial charge on any atom is -0.487 e. The molecule has 4 nitrogen and oxygen atoms in total. The third kappa shape index (κ3) is 2.92. The van der Waals surface area contributed by atoms with Crippen LogP contribution in [0, 0.1) is 0 Å². The van der Waals surface area contributed by atoms with Crippen molar-refractivity contribution in [2.75, 3.05) is 0 Å². The van der Waals surface area contributed by atoms with Gasteiger partial charge in [-0.05, 0) is 24.3 Å². The molecule has 2 aromatic heterocycles. The van der Waals surface area contributed by atoms with Gasteiger partial charge in [-0.15, -0.1) is 0 Å². The maximum absolute atomic E-state index is 5.80. The normalized spacial score (nSPS) is 10.8. The van der Waals surface area contributed by atoms with E-state index in [0.29, 0.717) is 6.61 Å². The second-order valence-electron chi connectivity index (χ2n) is 5.20. The highest BCUT2D eigenvalue weighted by atomic mass is 16.5. The fourth-order valence-electron chi connectivity index (χ4n) is 2.42. The van der Waals surface area contributed by atoms with Crippen LogP contribution in [0.25, 0.3) is 22.2 Å².